The Kier molecular flexibility index (Phi) is 5.59. The first-order valence-corrected chi connectivity index (χ1v) is 10.2. The first kappa shape index (κ1) is 23.1. The SMILES string of the molecule is FC(F)(F)c1ccc(C2=COC(c3cc(Cl)c(Cl)c(Cl)c3)(C(F)(F)F)C2)c2ccccc12. The third-order valence-corrected chi connectivity index (χ3v) is 6.52. The average molecular weight is 512 g/mol. The molecule has 32 heavy (non-hydrogen) atoms. The molecule has 3 aromatic carbocycles. The van der Waals surface area contributed by atoms with Gasteiger partial charge in [-0.05, 0) is 40.1 Å². The monoisotopic (exact) mass is 510 g/mol. The first-order valence-electron chi connectivity index (χ1n) is 9.03. The fourth-order valence-electron chi connectivity index (χ4n) is 3.80. The highest BCUT2D eigenvalue weighted by Crippen LogP contribution is 2.54. The van der Waals surface area contributed by atoms with Crippen molar-refractivity contribution in [3.63, 3.8) is 0 Å². The summed E-state index contributed by atoms with van der Waals surface area (Å²) >= 11 is 17.7. The van der Waals surface area contributed by atoms with Gasteiger partial charge in [-0.2, -0.15) is 26.3 Å². The van der Waals surface area contributed by atoms with E-state index in [0.717, 1.165) is 30.5 Å². The molecule has 168 valence electrons. The van der Waals surface area contributed by atoms with Gasteiger partial charge in [0.25, 0.3) is 0 Å². The number of alkyl halides is 6. The molecule has 0 saturated carbocycles. The molecule has 3 aromatic rings. The smallest absolute Gasteiger partial charge is 0.432 e. The number of fused-ring (bicyclic) bond motifs is 1. The predicted octanol–water partition coefficient (Wildman–Crippen LogP) is 9.04. The molecule has 0 fully saturated rings. The topological polar surface area (TPSA) is 9.23 Å². The van der Waals surface area contributed by atoms with Crippen molar-refractivity contribution in [1.29, 1.82) is 0 Å². The van der Waals surface area contributed by atoms with Gasteiger partial charge in [-0.15, -0.1) is 0 Å². The lowest BCUT2D eigenvalue weighted by Crippen LogP contribution is -2.42. The molecular weight excluding hydrogens is 501 g/mol. The summed E-state index contributed by atoms with van der Waals surface area (Å²) in [5.41, 5.74) is -3.80. The van der Waals surface area contributed by atoms with Gasteiger partial charge in [0, 0.05) is 12.0 Å². The van der Waals surface area contributed by atoms with E-state index in [1.165, 1.54) is 24.3 Å². The van der Waals surface area contributed by atoms with Gasteiger partial charge in [-0.25, -0.2) is 0 Å². The van der Waals surface area contributed by atoms with Crippen molar-refractivity contribution in [3.05, 3.63) is 86.6 Å². The molecule has 0 N–H and O–H groups in total. The van der Waals surface area contributed by atoms with Gasteiger partial charge in [-0.1, -0.05) is 65.1 Å². The molecule has 1 aliphatic rings. The first-order chi connectivity index (χ1) is 14.8. The molecule has 1 unspecified atom stereocenters. The number of hydrogen-bond donors (Lipinski definition) is 0. The summed E-state index contributed by atoms with van der Waals surface area (Å²) < 4.78 is 88.2. The van der Waals surface area contributed by atoms with Crippen LogP contribution in [0.5, 0.6) is 0 Å². The molecule has 1 nitrogen and oxygen atoms in total. The molecule has 0 bridgehead atoms. The van der Waals surface area contributed by atoms with Gasteiger partial charge in [0.05, 0.1) is 26.9 Å². The van der Waals surface area contributed by atoms with E-state index in [1.54, 1.807) is 0 Å². The summed E-state index contributed by atoms with van der Waals surface area (Å²) in [6.45, 7) is 0. The van der Waals surface area contributed by atoms with E-state index in [-0.39, 0.29) is 42.5 Å². The van der Waals surface area contributed by atoms with Crippen LogP contribution in [-0.4, -0.2) is 6.18 Å². The number of hydrogen-bond acceptors (Lipinski definition) is 1. The second kappa shape index (κ2) is 7.75. The molecule has 0 saturated heterocycles. The largest absolute Gasteiger partial charge is 0.480 e. The van der Waals surface area contributed by atoms with E-state index < -0.39 is 29.9 Å². The lowest BCUT2D eigenvalue weighted by molar-refractivity contribution is -0.260. The highest BCUT2D eigenvalue weighted by molar-refractivity contribution is 6.48. The van der Waals surface area contributed by atoms with Crippen LogP contribution in [0.4, 0.5) is 26.3 Å². The van der Waals surface area contributed by atoms with Crippen molar-refractivity contribution in [2.45, 2.75) is 24.4 Å². The van der Waals surface area contributed by atoms with Crippen LogP contribution >= 0.6 is 34.8 Å². The Morgan fingerprint density at radius 3 is 1.97 bits per heavy atom. The van der Waals surface area contributed by atoms with E-state index in [1.807, 2.05) is 0 Å². The fourth-order valence-corrected chi connectivity index (χ4v) is 4.39. The Morgan fingerprint density at radius 1 is 0.812 bits per heavy atom. The Morgan fingerprint density at radius 2 is 1.41 bits per heavy atom. The van der Waals surface area contributed by atoms with Crippen molar-refractivity contribution < 1.29 is 31.1 Å². The summed E-state index contributed by atoms with van der Waals surface area (Å²) in [5, 5.41) is -0.443. The van der Waals surface area contributed by atoms with Crippen LogP contribution in [0.15, 0.2) is 54.8 Å². The van der Waals surface area contributed by atoms with Crippen molar-refractivity contribution >= 4 is 51.1 Å². The van der Waals surface area contributed by atoms with Crippen molar-refractivity contribution in [1.82, 2.24) is 0 Å². The average Bonchev–Trinajstić information content (AvgIpc) is 3.16. The van der Waals surface area contributed by atoms with Crippen LogP contribution in [0.1, 0.15) is 23.1 Å². The highest BCUT2D eigenvalue weighted by atomic mass is 35.5. The molecule has 4 rings (SSSR count). The molecule has 10 heteroatoms. The Labute approximate surface area is 193 Å². The second-order valence-electron chi connectivity index (χ2n) is 7.22. The molecule has 0 amide bonds. The summed E-state index contributed by atoms with van der Waals surface area (Å²) in [6.07, 6.45) is -9.29. The molecule has 1 heterocycles. The van der Waals surface area contributed by atoms with Crippen LogP contribution in [0, 0.1) is 0 Å². The molecule has 1 atom stereocenters. The van der Waals surface area contributed by atoms with Crippen molar-refractivity contribution in [2.75, 3.05) is 0 Å². The van der Waals surface area contributed by atoms with Crippen molar-refractivity contribution in [3.8, 4) is 0 Å². The van der Waals surface area contributed by atoms with Gasteiger partial charge >= 0.3 is 12.4 Å². The zero-order valence-electron chi connectivity index (χ0n) is 15.7. The van der Waals surface area contributed by atoms with Crippen LogP contribution < -0.4 is 0 Å². The minimum absolute atomic E-state index is 0.0782. The number of benzene rings is 3. The summed E-state index contributed by atoms with van der Waals surface area (Å²) in [7, 11) is 0. The summed E-state index contributed by atoms with van der Waals surface area (Å²) in [5.74, 6) is 0. The Hall–Kier alpha value is -2.09. The molecule has 0 spiro atoms. The van der Waals surface area contributed by atoms with E-state index in [0.29, 0.717) is 0 Å². The summed E-state index contributed by atoms with van der Waals surface area (Å²) in [4.78, 5) is 0. The normalized spacial score (nSPS) is 19.2. The Bertz CT molecular complexity index is 1230. The van der Waals surface area contributed by atoms with E-state index >= 15 is 0 Å². The van der Waals surface area contributed by atoms with Gasteiger partial charge in [0.2, 0.25) is 5.60 Å². The molecule has 0 radical (unpaired) electrons. The van der Waals surface area contributed by atoms with Crippen LogP contribution in [0.25, 0.3) is 16.3 Å². The maximum atomic E-state index is 14.3. The molecular formula is C22H11Cl3F6O. The molecule has 0 aromatic heterocycles. The van der Waals surface area contributed by atoms with Gasteiger partial charge in [0.1, 0.15) is 0 Å². The fraction of sp³-hybridized carbons (Fsp3) is 0.182. The summed E-state index contributed by atoms with van der Waals surface area (Å²) in [6, 6.07) is 9.67. The lowest BCUT2D eigenvalue weighted by atomic mass is 9.84. The maximum Gasteiger partial charge on any atom is 0.432 e. The number of rotatable bonds is 2. The third-order valence-electron chi connectivity index (χ3n) is 5.33. The second-order valence-corrected chi connectivity index (χ2v) is 8.41. The highest BCUT2D eigenvalue weighted by Gasteiger charge is 2.60. The third kappa shape index (κ3) is 3.70. The van der Waals surface area contributed by atoms with Crippen LogP contribution in [0.2, 0.25) is 15.1 Å². The minimum Gasteiger partial charge on any atom is -0.480 e. The van der Waals surface area contributed by atoms with E-state index in [4.69, 9.17) is 39.5 Å². The quantitative estimate of drug-likeness (QED) is 0.246. The maximum absolute atomic E-state index is 14.3. The van der Waals surface area contributed by atoms with E-state index in [9.17, 15) is 26.3 Å². The Balaban J connectivity index is 1.85. The zero-order valence-corrected chi connectivity index (χ0v) is 18.0. The van der Waals surface area contributed by atoms with Crippen LogP contribution in [-0.2, 0) is 16.5 Å². The number of ether oxygens (including phenoxy) is 1. The van der Waals surface area contributed by atoms with Gasteiger partial charge < -0.3 is 4.74 Å². The zero-order chi connectivity index (χ0) is 23.5. The molecule has 0 aliphatic carbocycles. The van der Waals surface area contributed by atoms with Crippen molar-refractivity contribution in [2.24, 2.45) is 0 Å². The van der Waals surface area contributed by atoms with E-state index in [2.05, 4.69) is 0 Å². The lowest BCUT2D eigenvalue weighted by Gasteiger charge is -2.32. The van der Waals surface area contributed by atoms with Gasteiger partial charge in [0.15, 0.2) is 0 Å². The minimum atomic E-state index is -4.90. The standard InChI is InChI=1S/C22H11Cl3F6O/c23-17-7-12(8-18(24)19(17)25)20(22(29,30)31)9-11(10-32-20)13-5-6-16(21(26,27)28)15-4-2-1-3-14(13)15/h1-8,10H,9H2. The van der Waals surface area contributed by atoms with Gasteiger partial charge in [-0.3, -0.25) is 0 Å². The molecule has 1 aliphatic heterocycles. The number of halogens is 9. The predicted molar refractivity (Wildman–Crippen MR) is 112 cm³/mol. The van der Waals surface area contributed by atoms with Crippen LogP contribution in [0.3, 0.4) is 0 Å².